The zero-order valence-corrected chi connectivity index (χ0v) is 21.5. The molecule has 7 atom stereocenters. The van der Waals surface area contributed by atoms with Gasteiger partial charge in [0.15, 0.2) is 6.20 Å². The van der Waals surface area contributed by atoms with Gasteiger partial charge in [0.2, 0.25) is 5.91 Å². The Morgan fingerprint density at radius 3 is 2.54 bits per heavy atom. The van der Waals surface area contributed by atoms with Crippen LogP contribution in [0.25, 0.3) is 0 Å². The molecule has 5 rings (SSSR count). The van der Waals surface area contributed by atoms with E-state index in [1.807, 2.05) is 0 Å². The van der Waals surface area contributed by atoms with Gasteiger partial charge < -0.3 is 30.3 Å². The van der Waals surface area contributed by atoms with Gasteiger partial charge >= 0.3 is 13.0 Å². The maximum absolute atomic E-state index is 13.3. The zero-order chi connectivity index (χ0) is 25.7. The van der Waals surface area contributed by atoms with E-state index in [2.05, 4.69) is 45.3 Å². The SMILES string of the molecule is CC(C)C[C@H](NC(=O)[C@@H](NC(=O)c1cccc[n+]1[O-])[C@@H](C)O)B1O[C@@H]2C[C@H]3C[C@H](C3(C)C)[C@]2(C)O1. The lowest BCUT2D eigenvalue weighted by molar-refractivity contribution is -0.607. The van der Waals surface area contributed by atoms with E-state index < -0.39 is 42.6 Å². The van der Waals surface area contributed by atoms with Crippen LogP contribution in [-0.2, 0) is 14.1 Å². The third-order valence-corrected chi connectivity index (χ3v) is 8.46. The molecule has 3 saturated carbocycles. The highest BCUT2D eigenvalue weighted by Crippen LogP contribution is 2.65. The van der Waals surface area contributed by atoms with Crippen molar-refractivity contribution >= 4 is 18.9 Å². The molecule has 35 heavy (non-hydrogen) atoms. The standard InChI is InChI=1S/C25H38BN3O6/c1-14(2)11-20(26-34-19-13-16-12-18(24(16,4)5)25(19,6)35-26)27-23(32)21(15(3)30)28-22(31)17-9-7-8-10-29(17)33/h7-10,14-16,18-21,30H,11-13H2,1-6H3,(H,27,32)(H,28,31)/t15-,16-,18-,19-,20+,21+,25+/m1/s1. The van der Waals surface area contributed by atoms with E-state index in [0.717, 1.165) is 12.8 Å². The number of carbonyl (C=O) groups is 2. The Labute approximate surface area is 207 Å². The molecule has 0 radical (unpaired) electrons. The molecule has 1 aromatic rings. The van der Waals surface area contributed by atoms with E-state index in [9.17, 15) is 19.9 Å². The average molecular weight is 487 g/mol. The van der Waals surface area contributed by atoms with Gasteiger partial charge in [0.1, 0.15) is 6.04 Å². The minimum atomic E-state index is -1.25. The fraction of sp³-hybridized carbons (Fsp3) is 0.720. The van der Waals surface area contributed by atoms with Crippen LogP contribution in [0.3, 0.4) is 0 Å². The van der Waals surface area contributed by atoms with E-state index in [1.165, 1.54) is 25.3 Å². The second-order valence-corrected chi connectivity index (χ2v) is 11.7. The number of amides is 2. The summed E-state index contributed by atoms with van der Waals surface area (Å²) < 4.78 is 13.4. The molecule has 4 fully saturated rings. The minimum Gasteiger partial charge on any atom is -0.618 e. The number of rotatable bonds is 8. The maximum Gasteiger partial charge on any atom is 0.481 e. The van der Waals surface area contributed by atoms with Crippen molar-refractivity contribution < 1.29 is 28.7 Å². The number of aliphatic hydroxyl groups is 1. The van der Waals surface area contributed by atoms with Crippen LogP contribution >= 0.6 is 0 Å². The van der Waals surface area contributed by atoms with E-state index in [-0.39, 0.29) is 23.1 Å². The highest BCUT2D eigenvalue weighted by atomic mass is 16.7. The fourth-order valence-corrected chi connectivity index (χ4v) is 6.31. The first-order valence-corrected chi connectivity index (χ1v) is 12.6. The molecule has 2 heterocycles. The Hall–Kier alpha value is -2.17. The lowest BCUT2D eigenvalue weighted by Gasteiger charge is -2.64. The number of aliphatic hydroxyl groups excluding tert-OH is 1. The summed E-state index contributed by atoms with van der Waals surface area (Å²) in [7, 11) is -0.616. The maximum atomic E-state index is 13.3. The van der Waals surface area contributed by atoms with Crippen molar-refractivity contribution in [3.63, 3.8) is 0 Å². The molecule has 192 valence electrons. The van der Waals surface area contributed by atoms with Gasteiger partial charge in [-0.05, 0) is 62.3 Å². The lowest BCUT2D eigenvalue weighted by atomic mass is 9.43. The van der Waals surface area contributed by atoms with E-state index >= 15 is 0 Å². The topological polar surface area (TPSA) is 124 Å². The predicted molar refractivity (Wildman–Crippen MR) is 130 cm³/mol. The minimum absolute atomic E-state index is 0.0197. The molecule has 0 aromatic carbocycles. The highest BCUT2D eigenvalue weighted by molar-refractivity contribution is 6.48. The van der Waals surface area contributed by atoms with Gasteiger partial charge in [-0.2, -0.15) is 4.73 Å². The fourth-order valence-electron chi connectivity index (χ4n) is 6.31. The van der Waals surface area contributed by atoms with Crippen molar-refractivity contribution in [3.8, 4) is 0 Å². The van der Waals surface area contributed by atoms with Gasteiger partial charge in [-0.1, -0.05) is 27.7 Å². The Kier molecular flexibility index (Phi) is 6.94. The molecule has 1 aliphatic heterocycles. The van der Waals surface area contributed by atoms with E-state index in [4.69, 9.17) is 9.31 Å². The monoisotopic (exact) mass is 487 g/mol. The zero-order valence-electron chi connectivity index (χ0n) is 21.5. The molecule has 1 saturated heterocycles. The van der Waals surface area contributed by atoms with Crippen LogP contribution in [0.4, 0.5) is 0 Å². The molecule has 3 aliphatic carbocycles. The molecule has 0 spiro atoms. The Bertz CT molecular complexity index is 972. The normalized spacial score (nSPS) is 31.2. The van der Waals surface area contributed by atoms with Crippen molar-refractivity contribution in [2.75, 3.05) is 0 Å². The second-order valence-electron chi connectivity index (χ2n) is 11.7. The van der Waals surface area contributed by atoms with Gasteiger partial charge in [-0.3, -0.25) is 9.59 Å². The van der Waals surface area contributed by atoms with Crippen molar-refractivity contribution in [3.05, 3.63) is 35.3 Å². The molecule has 2 bridgehead atoms. The van der Waals surface area contributed by atoms with Crippen molar-refractivity contribution in [1.29, 1.82) is 0 Å². The van der Waals surface area contributed by atoms with Crippen molar-refractivity contribution in [2.24, 2.45) is 23.2 Å². The lowest BCUT2D eigenvalue weighted by Crippen LogP contribution is -2.65. The number of nitrogens with zero attached hydrogens (tertiary/aromatic N) is 1. The molecule has 2 amide bonds. The van der Waals surface area contributed by atoms with Crippen molar-refractivity contribution in [1.82, 2.24) is 10.6 Å². The van der Waals surface area contributed by atoms with Gasteiger partial charge in [0.05, 0.1) is 23.8 Å². The molecular formula is C25H38BN3O6. The molecular weight excluding hydrogens is 449 g/mol. The Balaban J connectivity index is 1.48. The number of aromatic nitrogens is 1. The van der Waals surface area contributed by atoms with Crippen molar-refractivity contribution in [2.45, 2.75) is 90.6 Å². The van der Waals surface area contributed by atoms with Crippen LogP contribution in [0.1, 0.15) is 71.3 Å². The first-order valence-electron chi connectivity index (χ1n) is 12.6. The summed E-state index contributed by atoms with van der Waals surface area (Å²) in [6.45, 7) is 12.3. The molecule has 10 heteroatoms. The number of pyridine rings is 1. The van der Waals surface area contributed by atoms with Crippen LogP contribution < -0.4 is 15.4 Å². The van der Waals surface area contributed by atoms with Gasteiger partial charge in [-0.15, -0.1) is 0 Å². The van der Waals surface area contributed by atoms with Crippen LogP contribution in [0.5, 0.6) is 0 Å². The summed E-state index contributed by atoms with van der Waals surface area (Å²) in [5, 5.41) is 27.7. The highest BCUT2D eigenvalue weighted by Gasteiger charge is 2.68. The quantitative estimate of drug-likeness (QED) is 0.291. The summed E-state index contributed by atoms with van der Waals surface area (Å²) in [6.07, 6.45) is 2.68. The summed E-state index contributed by atoms with van der Waals surface area (Å²) in [5.41, 5.74) is -0.362. The van der Waals surface area contributed by atoms with Crippen LogP contribution in [0.2, 0.25) is 0 Å². The van der Waals surface area contributed by atoms with Gasteiger partial charge in [0, 0.05) is 12.1 Å². The van der Waals surface area contributed by atoms with Gasteiger partial charge in [0.25, 0.3) is 5.69 Å². The first-order chi connectivity index (χ1) is 16.3. The third-order valence-electron chi connectivity index (χ3n) is 8.46. The second kappa shape index (κ2) is 9.37. The summed E-state index contributed by atoms with van der Waals surface area (Å²) in [5.74, 6) is -0.489. The Morgan fingerprint density at radius 1 is 1.23 bits per heavy atom. The number of carbonyl (C=O) groups excluding carboxylic acids is 2. The molecule has 0 unspecified atom stereocenters. The third kappa shape index (κ3) is 4.68. The molecule has 3 N–H and O–H groups in total. The van der Waals surface area contributed by atoms with Gasteiger partial charge in [-0.25, -0.2) is 0 Å². The molecule has 9 nitrogen and oxygen atoms in total. The number of nitrogens with one attached hydrogen (secondary N) is 2. The summed E-state index contributed by atoms with van der Waals surface area (Å²) in [6, 6.07) is 3.17. The van der Waals surface area contributed by atoms with Crippen LogP contribution in [0.15, 0.2) is 24.4 Å². The largest absolute Gasteiger partial charge is 0.618 e. The number of hydrogen-bond donors (Lipinski definition) is 3. The summed E-state index contributed by atoms with van der Waals surface area (Å²) >= 11 is 0. The predicted octanol–water partition coefficient (Wildman–Crippen LogP) is 1.60. The smallest absolute Gasteiger partial charge is 0.481 e. The Morgan fingerprint density at radius 2 is 1.94 bits per heavy atom. The summed E-state index contributed by atoms with van der Waals surface area (Å²) in [4.78, 5) is 25.9. The van der Waals surface area contributed by atoms with Crippen LogP contribution in [0, 0.1) is 28.4 Å². The average Bonchev–Trinajstić information content (AvgIpc) is 3.13. The van der Waals surface area contributed by atoms with E-state index in [1.54, 1.807) is 6.07 Å². The first kappa shape index (κ1) is 25.9. The van der Waals surface area contributed by atoms with E-state index in [0.29, 0.717) is 23.0 Å². The molecule has 1 aromatic heterocycles. The molecule has 4 aliphatic rings. The number of hydrogen-bond acceptors (Lipinski definition) is 6. The van der Waals surface area contributed by atoms with Crippen LogP contribution in [-0.4, -0.2) is 53.8 Å².